The summed E-state index contributed by atoms with van der Waals surface area (Å²) in [4.78, 5) is 18.8. The number of pyridine rings is 1. The molecule has 0 radical (unpaired) electrons. The molecular formula is C14H9N3O3. The number of non-ortho nitro benzene ring substituents is 1. The van der Waals surface area contributed by atoms with Gasteiger partial charge in [-0.1, -0.05) is 12.1 Å². The van der Waals surface area contributed by atoms with Crippen molar-refractivity contribution in [3.8, 4) is 22.8 Å². The third-order valence-electron chi connectivity index (χ3n) is 2.74. The molecule has 2 heterocycles. The summed E-state index contributed by atoms with van der Waals surface area (Å²) in [5.41, 5.74) is 1.83. The maximum absolute atomic E-state index is 10.8. The summed E-state index contributed by atoms with van der Waals surface area (Å²) >= 11 is 0. The number of oxazole rings is 1. The zero-order valence-corrected chi connectivity index (χ0v) is 10.3. The maximum atomic E-state index is 10.8. The van der Waals surface area contributed by atoms with E-state index in [1.54, 1.807) is 18.3 Å². The van der Waals surface area contributed by atoms with Crippen LogP contribution in [0.2, 0.25) is 0 Å². The molecule has 0 bridgehead atoms. The van der Waals surface area contributed by atoms with Crippen LogP contribution in [-0.4, -0.2) is 14.9 Å². The first-order valence-electron chi connectivity index (χ1n) is 5.86. The molecule has 3 aromatic rings. The third-order valence-corrected chi connectivity index (χ3v) is 2.74. The fourth-order valence-electron chi connectivity index (χ4n) is 1.79. The average Bonchev–Trinajstić information content (AvgIpc) is 2.98. The standard InChI is InChI=1S/C14H9N3O3/c18-17(19)11-5-3-4-10(8-11)14-16-13(9-20-14)12-6-1-2-7-15-12/h1-9H. The second-order valence-corrected chi connectivity index (χ2v) is 4.06. The molecule has 0 aliphatic rings. The Kier molecular flexibility index (Phi) is 2.96. The first-order valence-corrected chi connectivity index (χ1v) is 5.86. The molecule has 0 spiro atoms. The van der Waals surface area contributed by atoms with E-state index in [-0.39, 0.29) is 5.69 Å². The zero-order chi connectivity index (χ0) is 13.9. The lowest BCUT2D eigenvalue weighted by molar-refractivity contribution is -0.384. The van der Waals surface area contributed by atoms with Crippen LogP contribution in [0.5, 0.6) is 0 Å². The van der Waals surface area contributed by atoms with Gasteiger partial charge in [-0.15, -0.1) is 0 Å². The molecule has 0 saturated carbocycles. The molecule has 0 saturated heterocycles. The predicted molar refractivity (Wildman–Crippen MR) is 71.8 cm³/mol. The van der Waals surface area contributed by atoms with Crippen molar-refractivity contribution in [2.24, 2.45) is 0 Å². The highest BCUT2D eigenvalue weighted by atomic mass is 16.6. The van der Waals surface area contributed by atoms with Gasteiger partial charge < -0.3 is 4.42 Å². The Bertz CT molecular complexity index is 753. The molecule has 0 aliphatic heterocycles. The Labute approximate surface area is 113 Å². The lowest BCUT2D eigenvalue weighted by Gasteiger charge is -1.95. The number of nitro groups is 1. The summed E-state index contributed by atoms with van der Waals surface area (Å²) in [6.45, 7) is 0. The van der Waals surface area contributed by atoms with Gasteiger partial charge in [-0.25, -0.2) is 4.98 Å². The van der Waals surface area contributed by atoms with Crippen molar-refractivity contribution in [2.45, 2.75) is 0 Å². The van der Waals surface area contributed by atoms with Crippen LogP contribution in [0.3, 0.4) is 0 Å². The van der Waals surface area contributed by atoms with Crippen LogP contribution in [-0.2, 0) is 0 Å². The van der Waals surface area contributed by atoms with Crippen molar-refractivity contribution in [3.05, 3.63) is 65.0 Å². The molecule has 0 amide bonds. The Balaban J connectivity index is 1.98. The van der Waals surface area contributed by atoms with E-state index in [1.807, 2.05) is 18.2 Å². The summed E-state index contributed by atoms with van der Waals surface area (Å²) in [5.74, 6) is 0.328. The van der Waals surface area contributed by atoms with Crippen LogP contribution in [0.15, 0.2) is 59.3 Å². The van der Waals surface area contributed by atoms with E-state index < -0.39 is 4.92 Å². The molecule has 98 valence electrons. The zero-order valence-electron chi connectivity index (χ0n) is 10.3. The minimum absolute atomic E-state index is 0.0000797. The van der Waals surface area contributed by atoms with Gasteiger partial charge in [0.2, 0.25) is 5.89 Å². The quantitative estimate of drug-likeness (QED) is 0.537. The topological polar surface area (TPSA) is 82.1 Å². The number of benzene rings is 1. The van der Waals surface area contributed by atoms with Gasteiger partial charge in [0.15, 0.2) is 0 Å². The molecule has 0 N–H and O–H groups in total. The van der Waals surface area contributed by atoms with Crippen molar-refractivity contribution in [1.29, 1.82) is 0 Å². The number of nitro benzene ring substituents is 1. The summed E-state index contributed by atoms with van der Waals surface area (Å²) in [6, 6.07) is 11.6. The molecule has 1 aromatic carbocycles. The minimum atomic E-state index is -0.452. The molecule has 3 rings (SSSR count). The summed E-state index contributed by atoms with van der Waals surface area (Å²) in [5, 5.41) is 10.8. The van der Waals surface area contributed by atoms with Gasteiger partial charge >= 0.3 is 0 Å². The summed E-state index contributed by atoms with van der Waals surface area (Å²) in [7, 11) is 0. The Morgan fingerprint density at radius 1 is 1.10 bits per heavy atom. The van der Waals surface area contributed by atoms with Gasteiger partial charge in [0.05, 0.1) is 10.6 Å². The van der Waals surface area contributed by atoms with Gasteiger partial charge in [0.25, 0.3) is 5.69 Å². The van der Waals surface area contributed by atoms with E-state index in [4.69, 9.17) is 4.42 Å². The number of rotatable bonds is 3. The van der Waals surface area contributed by atoms with Crippen molar-refractivity contribution in [1.82, 2.24) is 9.97 Å². The molecule has 6 heteroatoms. The van der Waals surface area contributed by atoms with Crippen molar-refractivity contribution in [3.63, 3.8) is 0 Å². The van der Waals surface area contributed by atoms with Crippen molar-refractivity contribution in [2.75, 3.05) is 0 Å². The number of nitrogens with zero attached hydrogens (tertiary/aromatic N) is 3. The fourth-order valence-corrected chi connectivity index (χ4v) is 1.79. The molecule has 0 atom stereocenters. The molecule has 0 fully saturated rings. The Morgan fingerprint density at radius 2 is 2.00 bits per heavy atom. The molecule has 20 heavy (non-hydrogen) atoms. The summed E-state index contributed by atoms with van der Waals surface area (Å²) < 4.78 is 5.37. The first-order chi connectivity index (χ1) is 9.74. The van der Waals surface area contributed by atoms with Crippen molar-refractivity contribution >= 4 is 5.69 Å². The number of hydrogen-bond donors (Lipinski definition) is 0. The van der Waals surface area contributed by atoms with E-state index in [0.717, 1.165) is 0 Å². The highest BCUT2D eigenvalue weighted by molar-refractivity contribution is 5.62. The monoisotopic (exact) mass is 267 g/mol. The lowest BCUT2D eigenvalue weighted by Crippen LogP contribution is -1.88. The minimum Gasteiger partial charge on any atom is -0.444 e. The smallest absolute Gasteiger partial charge is 0.270 e. The second kappa shape index (κ2) is 4.93. The predicted octanol–water partition coefficient (Wildman–Crippen LogP) is 3.31. The largest absolute Gasteiger partial charge is 0.444 e. The average molecular weight is 267 g/mol. The Morgan fingerprint density at radius 3 is 2.75 bits per heavy atom. The van der Waals surface area contributed by atoms with Crippen LogP contribution in [0.1, 0.15) is 0 Å². The molecular weight excluding hydrogens is 258 g/mol. The van der Waals surface area contributed by atoms with E-state index in [1.165, 1.54) is 18.4 Å². The first kappa shape index (κ1) is 12.0. The van der Waals surface area contributed by atoms with Crippen LogP contribution in [0.4, 0.5) is 5.69 Å². The molecule has 2 aromatic heterocycles. The van der Waals surface area contributed by atoms with Gasteiger partial charge in [0.1, 0.15) is 12.0 Å². The van der Waals surface area contributed by atoms with Gasteiger partial charge in [-0.05, 0) is 18.2 Å². The third kappa shape index (κ3) is 2.26. The number of hydrogen-bond acceptors (Lipinski definition) is 5. The highest BCUT2D eigenvalue weighted by Gasteiger charge is 2.12. The molecule has 0 unspecified atom stereocenters. The van der Waals surface area contributed by atoms with Crippen molar-refractivity contribution < 1.29 is 9.34 Å². The SMILES string of the molecule is O=[N+]([O-])c1cccc(-c2nc(-c3ccccn3)co2)c1. The van der Waals surface area contributed by atoms with Crippen LogP contribution in [0.25, 0.3) is 22.8 Å². The van der Waals surface area contributed by atoms with Gasteiger partial charge in [0, 0.05) is 23.9 Å². The number of aromatic nitrogens is 2. The Hall–Kier alpha value is -3.02. The van der Waals surface area contributed by atoms with E-state index in [2.05, 4.69) is 9.97 Å². The summed E-state index contributed by atoms with van der Waals surface area (Å²) in [6.07, 6.45) is 3.15. The molecule has 6 nitrogen and oxygen atoms in total. The normalized spacial score (nSPS) is 10.4. The molecule has 0 aliphatic carbocycles. The van der Waals surface area contributed by atoms with Gasteiger partial charge in [-0.2, -0.15) is 0 Å². The lowest BCUT2D eigenvalue weighted by atomic mass is 10.2. The van der Waals surface area contributed by atoms with E-state index in [9.17, 15) is 10.1 Å². The fraction of sp³-hybridized carbons (Fsp3) is 0. The van der Waals surface area contributed by atoms with E-state index >= 15 is 0 Å². The van der Waals surface area contributed by atoms with Crippen LogP contribution < -0.4 is 0 Å². The second-order valence-electron chi connectivity index (χ2n) is 4.06. The maximum Gasteiger partial charge on any atom is 0.270 e. The van der Waals surface area contributed by atoms with Crippen LogP contribution >= 0.6 is 0 Å². The van der Waals surface area contributed by atoms with Gasteiger partial charge in [-0.3, -0.25) is 15.1 Å². The van der Waals surface area contributed by atoms with E-state index in [0.29, 0.717) is 22.8 Å². The highest BCUT2D eigenvalue weighted by Crippen LogP contribution is 2.25. The van der Waals surface area contributed by atoms with Crippen LogP contribution in [0, 0.1) is 10.1 Å².